The molecule has 1 amide bonds. The normalized spacial score (nSPS) is 10.7. The lowest BCUT2D eigenvalue weighted by Crippen LogP contribution is -2.14. The zero-order valence-corrected chi connectivity index (χ0v) is 17.1. The maximum Gasteiger partial charge on any atom is 0.255 e. The molecule has 0 atom stereocenters. The first-order valence-electron chi connectivity index (χ1n) is 8.78. The van der Waals surface area contributed by atoms with E-state index in [0.29, 0.717) is 16.3 Å². The van der Waals surface area contributed by atoms with E-state index >= 15 is 0 Å². The lowest BCUT2D eigenvalue weighted by Gasteiger charge is -2.11. The van der Waals surface area contributed by atoms with Gasteiger partial charge in [0.05, 0.1) is 22.8 Å². The number of aryl methyl sites for hydroxylation is 2. The molecule has 0 aliphatic carbocycles. The van der Waals surface area contributed by atoms with Gasteiger partial charge in [0.1, 0.15) is 5.75 Å². The van der Waals surface area contributed by atoms with E-state index in [1.807, 2.05) is 30.5 Å². The quantitative estimate of drug-likeness (QED) is 0.564. The smallest absolute Gasteiger partial charge is 0.255 e. The number of amides is 1. The van der Waals surface area contributed by atoms with Crippen LogP contribution in [-0.4, -0.2) is 18.0 Å². The van der Waals surface area contributed by atoms with E-state index in [4.69, 9.17) is 16.3 Å². The van der Waals surface area contributed by atoms with Crippen molar-refractivity contribution in [3.63, 3.8) is 0 Å². The third-order valence-corrected chi connectivity index (χ3v) is 5.60. The second-order valence-corrected chi connectivity index (χ2v) is 7.36. The predicted octanol–water partition coefficient (Wildman–Crippen LogP) is 5.85. The Kier molecular flexibility index (Phi) is 6.14. The Morgan fingerprint density at radius 1 is 1.19 bits per heavy atom. The summed E-state index contributed by atoms with van der Waals surface area (Å²) in [6.07, 6.45) is 1.64. The number of nitrogens with zero attached hydrogens (tertiary/aromatic N) is 1. The minimum Gasteiger partial charge on any atom is -0.497 e. The van der Waals surface area contributed by atoms with Gasteiger partial charge in [-0.15, -0.1) is 11.3 Å². The number of methoxy groups -OCH3 is 1. The second-order valence-electron chi connectivity index (χ2n) is 6.01. The van der Waals surface area contributed by atoms with Gasteiger partial charge in [-0.25, -0.2) is 4.98 Å². The number of anilines is 1. The van der Waals surface area contributed by atoms with Crippen LogP contribution in [0, 0.1) is 0 Å². The SMILES string of the molecule is CCc1nc(-c2ccc(NC(=O)c3ccc(OC)cc3CC)cc2Cl)cs1. The second kappa shape index (κ2) is 8.55. The molecule has 6 heteroatoms. The molecule has 27 heavy (non-hydrogen) atoms. The van der Waals surface area contributed by atoms with E-state index in [2.05, 4.69) is 17.2 Å². The molecule has 0 aliphatic rings. The lowest BCUT2D eigenvalue weighted by atomic mass is 10.0. The summed E-state index contributed by atoms with van der Waals surface area (Å²) in [6, 6.07) is 11.0. The molecule has 4 nitrogen and oxygen atoms in total. The number of aromatic nitrogens is 1. The molecule has 1 aromatic heterocycles. The number of nitrogens with one attached hydrogen (secondary N) is 1. The molecule has 1 N–H and O–H groups in total. The first-order valence-corrected chi connectivity index (χ1v) is 10.0. The van der Waals surface area contributed by atoms with Crippen LogP contribution in [0.1, 0.15) is 34.8 Å². The minimum atomic E-state index is -0.166. The summed E-state index contributed by atoms with van der Waals surface area (Å²) in [5.41, 5.74) is 3.94. The number of hydrogen-bond acceptors (Lipinski definition) is 4. The van der Waals surface area contributed by atoms with Crippen molar-refractivity contribution >= 4 is 34.5 Å². The van der Waals surface area contributed by atoms with Gasteiger partial charge >= 0.3 is 0 Å². The third kappa shape index (κ3) is 4.31. The van der Waals surface area contributed by atoms with E-state index in [1.165, 1.54) is 0 Å². The van der Waals surface area contributed by atoms with Crippen LogP contribution in [0.25, 0.3) is 11.3 Å². The van der Waals surface area contributed by atoms with Crippen molar-refractivity contribution < 1.29 is 9.53 Å². The van der Waals surface area contributed by atoms with E-state index in [-0.39, 0.29) is 5.91 Å². The molecule has 0 bridgehead atoms. The van der Waals surface area contributed by atoms with Crippen LogP contribution in [0.4, 0.5) is 5.69 Å². The lowest BCUT2D eigenvalue weighted by molar-refractivity contribution is 0.102. The van der Waals surface area contributed by atoms with Crippen molar-refractivity contribution in [2.24, 2.45) is 0 Å². The van der Waals surface area contributed by atoms with Gasteiger partial charge in [0.25, 0.3) is 5.91 Å². The third-order valence-electron chi connectivity index (χ3n) is 4.30. The number of hydrogen-bond donors (Lipinski definition) is 1. The molecule has 0 unspecified atom stereocenters. The fraction of sp³-hybridized carbons (Fsp3) is 0.238. The molecule has 0 saturated carbocycles. The highest BCUT2D eigenvalue weighted by Crippen LogP contribution is 2.31. The van der Waals surface area contributed by atoms with E-state index in [9.17, 15) is 4.79 Å². The molecule has 0 saturated heterocycles. The molecule has 0 radical (unpaired) electrons. The van der Waals surface area contributed by atoms with Gasteiger partial charge in [-0.2, -0.15) is 0 Å². The van der Waals surface area contributed by atoms with E-state index in [1.54, 1.807) is 36.6 Å². The maximum atomic E-state index is 12.7. The molecular weight excluding hydrogens is 380 g/mol. The zero-order chi connectivity index (χ0) is 19.4. The van der Waals surface area contributed by atoms with Crippen LogP contribution < -0.4 is 10.1 Å². The topological polar surface area (TPSA) is 51.2 Å². The summed E-state index contributed by atoms with van der Waals surface area (Å²) in [4.78, 5) is 17.3. The average molecular weight is 401 g/mol. The molecule has 1 heterocycles. The van der Waals surface area contributed by atoms with Gasteiger partial charge in [-0.1, -0.05) is 25.4 Å². The van der Waals surface area contributed by atoms with Crippen LogP contribution in [-0.2, 0) is 12.8 Å². The monoisotopic (exact) mass is 400 g/mol. The number of carbonyl (C=O) groups excluding carboxylic acids is 1. The number of benzene rings is 2. The molecular formula is C21H21ClN2O2S. The van der Waals surface area contributed by atoms with Gasteiger partial charge in [0.2, 0.25) is 0 Å². The Labute approximate surface area is 168 Å². The summed E-state index contributed by atoms with van der Waals surface area (Å²) in [5, 5.41) is 6.56. The van der Waals surface area contributed by atoms with Crippen molar-refractivity contribution in [2.45, 2.75) is 26.7 Å². The van der Waals surface area contributed by atoms with Crippen molar-refractivity contribution in [3.05, 3.63) is 62.9 Å². The summed E-state index contributed by atoms with van der Waals surface area (Å²) in [5.74, 6) is 0.575. The molecule has 0 fully saturated rings. The maximum absolute atomic E-state index is 12.7. The van der Waals surface area contributed by atoms with Crippen LogP contribution in [0.15, 0.2) is 41.8 Å². The van der Waals surface area contributed by atoms with Gasteiger partial charge in [0.15, 0.2) is 0 Å². The molecule has 3 rings (SSSR count). The largest absolute Gasteiger partial charge is 0.497 e. The van der Waals surface area contributed by atoms with Crippen LogP contribution in [0.2, 0.25) is 5.02 Å². The highest BCUT2D eigenvalue weighted by Gasteiger charge is 2.14. The molecule has 2 aromatic carbocycles. The van der Waals surface area contributed by atoms with Crippen molar-refractivity contribution in [1.82, 2.24) is 4.98 Å². The highest BCUT2D eigenvalue weighted by molar-refractivity contribution is 7.09. The summed E-state index contributed by atoms with van der Waals surface area (Å²) < 4.78 is 5.24. The standard InChI is InChI=1S/C21H21ClN2O2S/c1-4-13-10-15(26-3)7-9-16(13)21(25)23-14-6-8-17(18(22)11-14)19-12-27-20(5-2)24-19/h6-12H,4-5H2,1-3H3,(H,23,25). The first kappa shape index (κ1) is 19.4. The minimum absolute atomic E-state index is 0.166. The first-order chi connectivity index (χ1) is 13.0. The average Bonchev–Trinajstić information content (AvgIpc) is 3.16. The summed E-state index contributed by atoms with van der Waals surface area (Å²) in [6.45, 7) is 4.09. The number of halogens is 1. The van der Waals surface area contributed by atoms with E-state index in [0.717, 1.165) is 40.4 Å². The van der Waals surface area contributed by atoms with Gasteiger partial charge in [-0.05, 0) is 54.8 Å². The Morgan fingerprint density at radius 2 is 2.00 bits per heavy atom. The molecule has 140 valence electrons. The Bertz CT molecular complexity index is 969. The Balaban J connectivity index is 1.82. The highest BCUT2D eigenvalue weighted by atomic mass is 35.5. The number of rotatable bonds is 6. The van der Waals surface area contributed by atoms with Crippen molar-refractivity contribution in [1.29, 1.82) is 0 Å². The summed E-state index contributed by atoms with van der Waals surface area (Å²) >= 11 is 8.06. The molecule has 3 aromatic rings. The number of thiazole rings is 1. The van der Waals surface area contributed by atoms with E-state index < -0.39 is 0 Å². The predicted molar refractivity (Wildman–Crippen MR) is 112 cm³/mol. The zero-order valence-electron chi connectivity index (χ0n) is 15.5. The van der Waals surface area contributed by atoms with Gasteiger partial charge < -0.3 is 10.1 Å². The van der Waals surface area contributed by atoms with Crippen LogP contribution in [0.5, 0.6) is 5.75 Å². The van der Waals surface area contributed by atoms with Crippen molar-refractivity contribution in [3.8, 4) is 17.0 Å². The van der Waals surface area contributed by atoms with Crippen LogP contribution in [0.3, 0.4) is 0 Å². The Morgan fingerprint density at radius 3 is 2.63 bits per heavy atom. The molecule has 0 aliphatic heterocycles. The Hall–Kier alpha value is -2.37. The fourth-order valence-electron chi connectivity index (χ4n) is 2.81. The number of carbonyl (C=O) groups is 1. The summed E-state index contributed by atoms with van der Waals surface area (Å²) in [7, 11) is 1.61. The van der Waals surface area contributed by atoms with Gasteiger partial charge in [-0.3, -0.25) is 4.79 Å². The number of ether oxygens (including phenoxy) is 1. The fourth-order valence-corrected chi connectivity index (χ4v) is 3.83. The van der Waals surface area contributed by atoms with Crippen molar-refractivity contribution in [2.75, 3.05) is 12.4 Å². The van der Waals surface area contributed by atoms with Gasteiger partial charge in [0, 0.05) is 22.2 Å². The van der Waals surface area contributed by atoms with Crippen LogP contribution >= 0.6 is 22.9 Å². The molecule has 0 spiro atoms.